The molecule has 0 saturated heterocycles. The van der Waals surface area contributed by atoms with E-state index in [0.717, 1.165) is 33.8 Å². The van der Waals surface area contributed by atoms with E-state index in [0.29, 0.717) is 0 Å². The van der Waals surface area contributed by atoms with E-state index in [4.69, 9.17) is 0 Å². The molecule has 9 aromatic carbocycles. The number of benzene rings is 9. The summed E-state index contributed by atoms with van der Waals surface area (Å²) in [5.41, 5.74) is 17.7. The van der Waals surface area contributed by atoms with Crippen LogP contribution < -0.4 is 4.90 Å². The fraction of sp³-hybridized carbons (Fsp3) is 0.0164. The van der Waals surface area contributed by atoms with E-state index in [9.17, 15) is 0 Å². The Bertz CT molecular complexity index is 3460. The average molecular weight is 805 g/mol. The Hall–Kier alpha value is -8.20. The highest BCUT2D eigenvalue weighted by atomic mass is 15.1. The summed E-state index contributed by atoms with van der Waals surface area (Å²) in [6.45, 7) is 2.08. The van der Waals surface area contributed by atoms with Gasteiger partial charge in [-0.3, -0.25) is 0 Å². The Labute approximate surface area is 368 Å². The number of aromatic nitrogens is 1. The van der Waals surface area contributed by atoms with Crippen molar-refractivity contribution in [1.82, 2.24) is 4.40 Å². The van der Waals surface area contributed by atoms with Crippen LogP contribution in [-0.4, -0.2) is 4.40 Å². The van der Waals surface area contributed by atoms with Gasteiger partial charge in [-0.15, -0.1) is 0 Å². The second kappa shape index (κ2) is 16.3. The Balaban J connectivity index is 0.972. The summed E-state index contributed by atoms with van der Waals surface area (Å²) in [6, 6.07) is 79.1. The van der Waals surface area contributed by atoms with E-state index in [1.807, 2.05) is 0 Å². The molecule has 0 aliphatic rings. The third-order valence-electron chi connectivity index (χ3n) is 12.3. The second-order valence-corrected chi connectivity index (χ2v) is 16.1. The molecule has 0 spiro atoms. The maximum absolute atomic E-state index is 2.46. The van der Waals surface area contributed by atoms with E-state index in [1.54, 1.807) is 0 Å². The maximum Gasteiger partial charge on any atom is 0.0620 e. The third kappa shape index (κ3) is 6.98. The molecular formula is C61H44N2. The quantitative estimate of drug-likeness (QED) is 0.125. The number of anilines is 2. The van der Waals surface area contributed by atoms with Crippen molar-refractivity contribution in [2.45, 2.75) is 6.92 Å². The molecule has 2 heterocycles. The standard InChI is InChI=1S/C61H44N2/c1-2-16-51(24-14-19-43-17-6-3-7-18-43)62(52-37-33-46(34-38-52)44-20-8-4-9-21-44)58-28-13-12-25-53(58)48-31-29-47(30-32-48)50-36-40-60-57(42-50)55-27-15-26-54-56-41-49(45-22-10-5-11-23-45)35-39-59(56)63(60)61(54)55/h2-42H,1H3/b16-2-,19-14+,51-24+. The van der Waals surface area contributed by atoms with Gasteiger partial charge in [0.2, 0.25) is 0 Å². The zero-order valence-electron chi connectivity index (χ0n) is 35.1. The van der Waals surface area contributed by atoms with E-state index >= 15 is 0 Å². The summed E-state index contributed by atoms with van der Waals surface area (Å²) in [6.07, 6.45) is 10.8. The molecule has 0 aliphatic carbocycles. The fourth-order valence-corrected chi connectivity index (χ4v) is 9.29. The normalized spacial score (nSPS) is 12.2. The van der Waals surface area contributed by atoms with E-state index in [-0.39, 0.29) is 0 Å². The first-order valence-corrected chi connectivity index (χ1v) is 21.7. The monoisotopic (exact) mass is 804 g/mol. The minimum atomic E-state index is 1.06. The highest BCUT2D eigenvalue weighted by Crippen LogP contribution is 2.43. The van der Waals surface area contributed by atoms with Crippen LogP contribution in [0.15, 0.2) is 248 Å². The van der Waals surface area contributed by atoms with Gasteiger partial charge in [-0.25, -0.2) is 0 Å². The van der Waals surface area contributed by atoms with Crippen molar-refractivity contribution in [3.05, 3.63) is 254 Å². The van der Waals surface area contributed by atoms with Gasteiger partial charge >= 0.3 is 0 Å². The molecule has 0 radical (unpaired) electrons. The minimum Gasteiger partial charge on any atom is -0.310 e. The molecule has 11 rings (SSSR count). The van der Waals surface area contributed by atoms with Crippen molar-refractivity contribution in [1.29, 1.82) is 0 Å². The third-order valence-corrected chi connectivity index (χ3v) is 12.3. The van der Waals surface area contributed by atoms with Gasteiger partial charge in [0, 0.05) is 38.5 Å². The van der Waals surface area contributed by atoms with Crippen LogP contribution in [0, 0.1) is 0 Å². The Kier molecular flexibility index (Phi) is 9.80. The Morgan fingerprint density at radius 2 is 0.921 bits per heavy atom. The van der Waals surface area contributed by atoms with Crippen LogP contribution in [0.1, 0.15) is 12.5 Å². The van der Waals surface area contributed by atoms with E-state index < -0.39 is 0 Å². The van der Waals surface area contributed by atoms with Gasteiger partial charge in [-0.2, -0.15) is 0 Å². The molecule has 0 unspecified atom stereocenters. The summed E-state index contributed by atoms with van der Waals surface area (Å²) in [7, 11) is 0. The summed E-state index contributed by atoms with van der Waals surface area (Å²) >= 11 is 0. The molecule has 0 atom stereocenters. The lowest BCUT2D eigenvalue weighted by Gasteiger charge is -2.29. The second-order valence-electron chi connectivity index (χ2n) is 16.1. The zero-order valence-corrected chi connectivity index (χ0v) is 35.1. The number of allylic oxidation sites excluding steroid dienone is 4. The molecule has 0 fully saturated rings. The van der Waals surface area contributed by atoms with Crippen LogP contribution in [0.4, 0.5) is 11.4 Å². The van der Waals surface area contributed by atoms with E-state index in [1.165, 1.54) is 71.5 Å². The van der Waals surface area contributed by atoms with Crippen LogP contribution >= 0.6 is 0 Å². The van der Waals surface area contributed by atoms with Gasteiger partial charge in [-0.1, -0.05) is 194 Å². The average Bonchev–Trinajstić information content (AvgIpc) is 3.87. The lowest BCUT2D eigenvalue weighted by molar-refractivity contribution is 1.21. The molecule has 11 aromatic rings. The first kappa shape index (κ1) is 37.8. The smallest absolute Gasteiger partial charge is 0.0620 e. The predicted octanol–water partition coefficient (Wildman–Crippen LogP) is 16.8. The van der Waals surface area contributed by atoms with Crippen LogP contribution in [-0.2, 0) is 0 Å². The largest absolute Gasteiger partial charge is 0.310 e. The number of fused-ring (bicyclic) bond motifs is 6. The molecule has 2 aromatic heterocycles. The SMILES string of the molecule is C\C=C/C(=C\C=C\c1ccccc1)N(c1ccc(-c2ccccc2)cc1)c1ccccc1-c1ccc(-c2ccc3c(c2)c2cccc4c5cc(-c6ccccc6)ccc5n3c42)cc1. The molecular weight excluding hydrogens is 761 g/mol. The number of hydrogen-bond donors (Lipinski definition) is 0. The Morgan fingerprint density at radius 1 is 0.429 bits per heavy atom. The number of nitrogens with zero attached hydrogens (tertiary/aromatic N) is 2. The lowest BCUT2D eigenvalue weighted by Crippen LogP contribution is -2.16. The zero-order chi connectivity index (χ0) is 42.1. The van der Waals surface area contributed by atoms with Crippen LogP contribution in [0.3, 0.4) is 0 Å². The van der Waals surface area contributed by atoms with Crippen molar-refractivity contribution < 1.29 is 0 Å². The van der Waals surface area contributed by atoms with Crippen LogP contribution in [0.5, 0.6) is 0 Å². The molecule has 63 heavy (non-hydrogen) atoms. The van der Waals surface area contributed by atoms with Gasteiger partial charge in [0.25, 0.3) is 0 Å². The first-order valence-electron chi connectivity index (χ1n) is 21.7. The number of para-hydroxylation sites is 2. The molecule has 2 heteroatoms. The number of rotatable bonds is 10. The van der Waals surface area contributed by atoms with Gasteiger partial charge in [0.05, 0.1) is 22.2 Å². The maximum atomic E-state index is 2.46. The van der Waals surface area contributed by atoms with Gasteiger partial charge in [-0.05, 0) is 106 Å². The van der Waals surface area contributed by atoms with Crippen molar-refractivity contribution in [3.8, 4) is 44.5 Å². The summed E-state index contributed by atoms with van der Waals surface area (Å²) in [4.78, 5) is 2.37. The highest BCUT2D eigenvalue weighted by molar-refractivity contribution is 6.24. The highest BCUT2D eigenvalue weighted by Gasteiger charge is 2.20. The lowest BCUT2D eigenvalue weighted by atomic mass is 9.97. The topological polar surface area (TPSA) is 7.65 Å². The predicted molar refractivity (Wildman–Crippen MR) is 270 cm³/mol. The van der Waals surface area contributed by atoms with Crippen molar-refractivity contribution in [2.24, 2.45) is 0 Å². The van der Waals surface area contributed by atoms with Crippen molar-refractivity contribution >= 4 is 55.5 Å². The van der Waals surface area contributed by atoms with Crippen LogP contribution in [0.25, 0.3) is 88.7 Å². The molecule has 2 nitrogen and oxygen atoms in total. The van der Waals surface area contributed by atoms with Crippen LogP contribution in [0.2, 0.25) is 0 Å². The summed E-state index contributed by atoms with van der Waals surface area (Å²) in [5.74, 6) is 0. The Morgan fingerprint density at radius 3 is 1.54 bits per heavy atom. The van der Waals surface area contributed by atoms with E-state index in [2.05, 4.69) is 265 Å². The molecule has 0 bridgehead atoms. The first-order chi connectivity index (χ1) is 31.2. The van der Waals surface area contributed by atoms with Gasteiger partial charge in [0.1, 0.15) is 0 Å². The molecule has 298 valence electrons. The summed E-state index contributed by atoms with van der Waals surface area (Å²) in [5, 5.41) is 5.14. The minimum absolute atomic E-state index is 1.06. The van der Waals surface area contributed by atoms with Gasteiger partial charge < -0.3 is 9.30 Å². The van der Waals surface area contributed by atoms with Crippen molar-refractivity contribution in [2.75, 3.05) is 4.90 Å². The number of hydrogen-bond acceptors (Lipinski definition) is 1. The molecule has 0 saturated carbocycles. The fourth-order valence-electron chi connectivity index (χ4n) is 9.29. The molecule has 0 N–H and O–H groups in total. The summed E-state index contributed by atoms with van der Waals surface area (Å²) < 4.78 is 2.46. The van der Waals surface area contributed by atoms with Gasteiger partial charge in [0.15, 0.2) is 0 Å². The molecule has 0 aliphatic heterocycles. The van der Waals surface area contributed by atoms with Crippen molar-refractivity contribution in [3.63, 3.8) is 0 Å². The molecule has 0 amide bonds.